The molecule has 0 aliphatic carbocycles. The van der Waals surface area contributed by atoms with Crippen LogP contribution in [0.25, 0.3) is 0 Å². The summed E-state index contributed by atoms with van der Waals surface area (Å²) in [6.45, 7) is 3.62. The number of halogens is 2. The minimum atomic E-state index is 0.536. The van der Waals surface area contributed by atoms with E-state index in [9.17, 15) is 0 Å². The molecule has 112 valence electrons. The molecule has 0 unspecified atom stereocenters. The molecule has 0 aliphatic rings. The Labute approximate surface area is 135 Å². The van der Waals surface area contributed by atoms with Gasteiger partial charge in [0.2, 0.25) is 5.95 Å². The van der Waals surface area contributed by atoms with Gasteiger partial charge in [-0.1, -0.05) is 42.3 Å². The first-order valence-electron chi connectivity index (χ1n) is 6.82. The predicted molar refractivity (Wildman–Crippen MR) is 89.4 cm³/mol. The Morgan fingerprint density at radius 2 is 1.90 bits per heavy atom. The van der Waals surface area contributed by atoms with Crippen LogP contribution in [0.15, 0.2) is 30.5 Å². The van der Waals surface area contributed by atoms with Crippen LogP contribution in [-0.4, -0.2) is 23.6 Å². The summed E-state index contributed by atoms with van der Waals surface area (Å²) in [4.78, 5) is 10.6. The van der Waals surface area contributed by atoms with Gasteiger partial charge in [0.15, 0.2) is 5.82 Å². The number of hydrogen-bond donors (Lipinski definition) is 1. The van der Waals surface area contributed by atoms with Crippen molar-refractivity contribution < 1.29 is 0 Å². The van der Waals surface area contributed by atoms with Gasteiger partial charge in [0.1, 0.15) is 5.02 Å². The smallest absolute Gasteiger partial charge is 0.224 e. The third-order valence-corrected chi connectivity index (χ3v) is 3.47. The second-order valence-electron chi connectivity index (χ2n) is 4.77. The molecule has 2 aromatic rings. The van der Waals surface area contributed by atoms with Gasteiger partial charge in [-0.05, 0) is 24.1 Å². The zero-order chi connectivity index (χ0) is 15.2. The van der Waals surface area contributed by atoms with Gasteiger partial charge in [-0.3, -0.25) is 0 Å². The van der Waals surface area contributed by atoms with Crippen LogP contribution in [-0.2, 0) is 6.54 Å². The van der Waals surface area contributed by atoms with Crippen LogP contribution in [0.3, 0.4) is 0 Å². The third-order valence-electron chi connectivity index (χ3n) is 2.95. The molecule has 0 saturated carbocycles. The van der Waals surface area contributed by atoms with Gasteiger partial charge >= 0.3 is 0 Å². The van der Waals surface area contributed by atoms with Crippen molar-refractivity contribution in [3.8, 4) is 0 Å². The Morgan fingerprint density at radius 1 is 1.19 bits per heavy atom. The van der Waals surface area contributed by atoms with Gasteiger partial charge in [-0.15, -0.1) is 0 Å². The monoisotopic (exact) mass is 324 g/mol. The van der Waals surface area contributed by atoms with Crippen LogP contribution in [0.5, 0.6) is 0 Å². The zero-order valence-electron chi connectivity index (χ0n) is 12.1. The lowest BCUT2D eigenvalue weighted by molar-refractivity contribution is 0.884. The first-order chi connectivity index (χ1) is 10.1. The van der Waals surface area contributed by atoms with E-state index >= 15 is 0 Å². The van der Waals surface area contributed by atoms with Crippen molar-refractivity contribution in [2.75, 3.05) is 23.8 Å². The maximum absolute atomic E-state index is 6.20. The molecule has 1 N–H and O–H groups in total. The van der Waals surface area contributed by atoms with E-state index in [2.05, 4.69) is 22.2 Å². The highest BCUT2D eigenvalue weighted by Crippen LogP contribution is 2.24. The van der Waals surface area contributed by atoms with E-state index in [4.69, 9.17) is 23.2 Å². The Bertz CT molecular complexity index is 587. The molecule has 0 fully saturated rings. The number of anilines is 2. The fraction of sp³-hybridized carbons (Fsp3) is 0.333. The molecule has 1 aromatic carbocycles. The Balaban J connectivity index is 2.13. The highest BCUT2D eigenvalue weighted by molar-refractivity contribution is 6.32. The number of aromatic nitrogens is 2. The van der Waals surface area contributed by atoms with Gasteiger partial charge in [0, 0.05) is 25.2 Å². The molecule has 6 heteroatoms. The summed E-state index contributed by atoms with van der Waals surface area (Å²) in [5.74, 6) is 1.31. The number of benzene rings is 1. The molecular formula is C15H18Cl2N4. The van der Waals surface area contributed by atoms with Crippen LogP contribution in [0.1, 0.15) is 18.9 Å². The lowest BCUT2D eigenvalue weighted by Crippen LogP contribution is -2.19. The van der Waals surface area contributed by atoms with Crippen molar-refractivity contribution in [3.05, 3.63) is 46.1 Å². The van der Waals surface area contributed by atoms with Crippen LogP contribution in [0.2, 0.25) is 10.0 Å². The largest absolute Gasteiger partial charge is 0.354 e. The maximum Gasteiger partial charge on any atom is 0.224 e. The molecule has 1 heterocycles. The molecule has 4 nitrogen and oxygen atoms in total. The molecule has 0 radical (unpaired) electrons. The quantitative estimate of drug-likeness (QED) is 0.862. The summed E-state index contributed by atoms with van der Waals surface area (Å²) < 4.78 is 0. The topological polar surface area (TPSA) is 41.1 Å². The van der Waals surface area contributed by atoms with E-state index in [0.717, 1.165) is 23.6 Å². The van der Waals surface area contributed by atoms with E-state index in [-0.39, 0.29) is 0 Å². The molecule has 0 amide bonds. The summed E-state index contributed by atoms with van der Waals surface area (Å²) in [5.41, 5.74) is 1.14. The van der Waals surface area contributed by atoms with E-state index < -0.39 is 0 Å². The molecule has 21 heavy (non-hydrogen) atoms. The van der Waals surface area contributed by atoms with Gasteiger partial charge < -0.3 is 10.2 Å². The second-order valence-corrected chi connectivity index (χ2v) is 5.62. The highest BCUT2D eigenvalue weighted by atomic mass is 35.5. The molecule has 0 atom stereocenters. The Hall–Kier alpha value is -1.52. The average Bonchev–Trinajstić information content (AvgIpc) is 2.48. The van der Waals surface area contributed by atoms with Crippen LogP contribution in [0.4, 0.5) is 11.8 Å². The standard InChI is InChI=1S/C15H18Cl2N4/c1-3-8-18-15-19-9-13(17)14(20-15)21(2)10-11-4-6-12(16)7-5-11/h4-7,9H,3,8,10H2,1-2H3,(H,18,19,20). The molecule has 1 aromatic heterocycles. The predicted octanol–water partition coefficient (Wildman–Crippen LogP) is 4.24. The Kier molecular flexibility index (Phi) is 5.65. The molecule has 0 saturated heterocycles. The van der Waals surface area contributed by atoms with Crippen molar-refractivity contribution in [3.63, 3.8) is 0 Å². The second kappa shape index (κ2) is 7.48. The van der Waals surface area contributed by atoms with Gasteiger partial charge in [-0.2, -0.15) is 4.98 Å². The summed E-state index contributed by atoms with van der Waals surface area (Å²) in [5, 5.41) is 4.43. The van der Waals surface area contributed by atoms with E-state index in [1.165, 1.54) is 0 Å². The third kappa shape index (κ3) is 4.48. The SMILES string of the molecule is CCCNc1ncc(Cl)c(N(C)Cc2ccc(Cl)cc2)n1. The van der Waals surface area contributed by atoms with Crippen LogP contribution < -0.4 is 10.2 Å². The van der Waals surface area contributed by atoms with Crippen molar-refractivity contribution in [1.29, 1.82) is 0 Å². The average molecular weight is 325 g/mol. The van der Waals surface area contributed by atoms with E-state index in [1.54, 1.807) is 6.20 Å². The fourth-order valence-corrected chi connectivity index (χ4v) is 2.25. The molecular weight excluding hydrogens is 307 g/mol. The first kappa shape index (κ1) is 15.9. The minimum Gasteiger partial charge on any atom is -0.354 e. The highest BCUT2D eigenvalue weighted by Gasteiger charge is 2.10. The van der Waals surface area contributed by atoms with Crippen LogP contribution in [0, 0.1) is 0 Å². The van der Waals surface area contributed by atoms with Crippen molar-refractivity contribution in [2.45, 2.75) is 19.9 Å². The number of hydrogen-bond acceptors (Lipinski definition) is 4. The summed E-state index contributed by atoms with van der Waals surface area (Å²) >= 11 is 12.1. The Morgan fingerprint density at radius 3 is 2.57 bits per heavy atom. The first-order valence-corrected chi connectivity index (χ1v) is 7.57. The number of nitrogens with zero attached hydrogens (tertiary/aromatic N) is 3. The zero-order valence-corrected chi connectivity index (χ0v) is 13.6. The summed E-state index contributed by atoms with van der Waals surface area (Å²) in [7, 11) is 1.95. The number of rotatable bonds is 6. The van der Waals surface area contributed by atoms with Crippen molar-refractivity contribution in [1.82, 2.24) is 9.97 Å². The summed E-state index contributed by atoms with van der Waals surface area (Å²) in [6.07, 6.45) is 2.64. The van der Waals surface area contributed by atoms with E-state index in [1.807, 2.05) is 36.2 Å². The molecule has 0 bridgehead atoms. The lowest BCUT2D eigenvalue weighted by Gasteiger charge is -2.20. The van der Waals surface area contributed by atoms with Gasteiger partial charge in [0.25, 0.3) is 0 Å². The minimum absolute atomic E-state index is 0.536. The van der Waals surface area contributed by atoms with Crippen molar-refractivity contribution in [2.24, 2.45) is 0 Å². The van der Waals surface area contributed by atoms with Crippen molar-refractivity contribution >= 4 is 35.0 Å². The fourth-order valence-electron chi connectivity index (χ4n) is 1.89. The normalized spacial score (nSPS) is 10.5. The summed E-state index contributed by atoms with van der Waals surface area (Å²) in [6, 6.07) is 7.73. The molecule has 0 aliphatic heterocycles. The molecule has 2 rings (SSSR count). The van der Waals surface area contributed by atoms with Gasteiger partial charge in [0.05, 0.1) is 6.20 Å². The van der Waals surface area contributed by atoms with E-state index in [0.29, 0.717) is 23.3 Å². The van der Waals surface area contributed by atoms with Crippen LogP contribution >= 0.6 is 23.2 Å². The number of nitrogens with one attached hydrogen (secondary N) is 1. The molecule has 0 spiro atoms. The lowest BCUT2D eigenvalue weighted by atomic mass is 10.2. The van der Waals surface area contributed by atoms with Gasteiger partial charge in [-0.25, -0.2) is 4.98 Å². The maximum atomic E-state index is 6.20.